The lowest BCUT2D eigenvalue weighted by Gasteiger charge is -2.08. The molecule has 0 fully saturated rings. The van der Waals surface area contributed by atoms with Gasteiger partial charge in [0, 0.05) is 29.1 Å². The number of thiazole rings is 1. The Bertz CT molecular complexity index is 1330. The lowest BCUT2D eigenvalue weighted by Crippen LogP contribution is -2.13. The Kier molecular flexibility index (Phi) is 4.57. The number of carbonyl (C=O) groups excluding carboxylic acids is 1. The van der Waals surface area contributed by atoms with Crippen molar-refractivity contribution in [3.8, 4) is 21.9 Å². The van der Waals surface area contributed by atoms with E-state index in [0.717, 1.165) is 32.0 Å². The van der Waals surface area contributed by atoms with E-state index in [9.17, 15) is 4.79 Å². The molecule has 5 aromatic rings. The second-order valence-electron chi connectivity index (χ2n) is 6.77. The van der Waals surface area contributed by atoms with E-state index < -0.39 is 0 Å². The molecule has 3 heterocycles. The highest BCUT2D eigenvalue weighted by molar-refractivity contribution is 7.21. The van der Waals surface area contributed by atoms with Crippen molar-refractivity contribution in [2.45, 2.75) is 6.92 Å². The van der Waals surface area contributed by atoms with E-state index in [1.165, 1.54) is 0 Å². The highest BCUT2D eigenvalue weighted by atomic mass is 32.1. The maximum atomic E-state index is 12.6. The van der Waals surface area contributed by atoms with Crippen LogP contribution in [0.2, 0.25) is 0 Å². The molecular formula is C23H16N4O2S. The number of fused-ring (bicyclic) bond motifs is 1. The Morgan fingerprint density at radius 2 is 1.87 bits per heavy atom. The highest BCUT2D eigenvalue weighted by Gasteiger charge is 2.15. The van der Waals surface area contributed by atoms with E-state index in [4.69, 9.17) is 4.52 Å². The molecule has 0 saturated heterocycles. The first-order valence-corrected chi connectivity index (χ1v) is 10.1. The second-order valence-corrected chi connectivity index (χ2v) is 7.75. The minimum Gasteiger partial charge on any atom is -0.355 e. The van der Waals surface area contributed by atoms with E-state index in [1.807, 2.05) is 67.6 Å². The van der Waals surface area contributed by atoms with Crippen LogP contribution in [0.4, 0.5) is 5.69 Å². The van der Waals surface area contributed by atoms with Gasteiger partial charge in [-0.15, -0.1) is 0 Å². The summed E-state index contributed by atoms with van der Waals surface area (Å²) in [6.45, 7) is 1.95. The third kappa shape index (κ3) is 3.46. The van der Waals surface area contributed by atoms with Crippen LogP contribution in [0.25, 0.3) is 32.2 Å². The fraction of sp³-hybridized carbons (Fsp3) is 0.0435. The Hall–Kier alpha value is -3.84. The number of aryl methyl sites for hydroxylation is 1. The number of benzene rings is 2. The average molecular weight is 412 g/mol. The molecule has 0 atom stereocenters. The van der Waals surface area contributed by atoms with Gasteiger partial charge in [0.05, 0.1) is 0 Å². The summed E-state index contributed by atoms with van der Waals surface area (Å²) in [5.41, 5.74) is 4.62. The van der Waals surface area contributed by atoms with Crippen molar-refractivity contribution >= 4 is 33.3 Å². The molecule has 0 bridgehead atoms. The molecule has 6 nitrogen and oxygen atoms in total. The quantitative estimate of drug-likeness (QED) is 0.417. The zero-order valence-electron chi connectivity index (χ0n) is 16.0. The molecule has 0 aliphatic carbocycles. The van der Waals surface area contributed by atoms with Gasteiger partial charge in [0.15, 0.2) is 11.5 Å². The van der Waals surface area contributed by atoms with Crippen LogP contribution in [0, 0.1) is 6.92 Å². The summed E-state index contributed by atoms with van der Waals surface area (Å²) < 4.78 is 5.32. The number of amides is 1. The Morgan fingerprint density at radius 3 is 2.67 bits per heavy atom. The number of pyridine rings is 1. The predicted octanol–water partition coefficient (Wildman–Crippen LogP) is 5.57. The SMILES string of the molecule is Cc1cc(-c2nc3cccnc3s2)ccc1NC(=O)c1cc(-c2ccccc2)on1. The van der Waals surface area contributed by atoms with Crippen LogP contribution >= 0.6 is 11.3 Å². The maximum Gasteiger partial charge on any atom is 0.277 e. The fourth-order valence-corrected chi connectivity index (χ4v) is 4.04. The van der Waals surface area contributed by atoms with Crippen LogP contribution < -0.4 is 5.32 Å². The lowest BCUT2D eigenvalue weighted by atomic mass is 10.1. The zero-order chi connectivity index (χ0) is 20.5. The van der Waals surface area contributed by atoms with Gasteiger partial charge in [-0.25, -0.2) is 9.97 Å². The third-order valence-corrected chi connectivity index (χ3v) is 5.72. The second kappa shape index (κ2) is 7.53. The van der Waals surface area contributed by atoms with Crippen molar-refractivity contribution < 1.29 is 9.32 Å². The summed E-state index contributed by atoms with van der Waals surface area (Å²) in [7, 11) is 0. The molecule has 2 aromatic carbocycles. The summed E-state index contributed by atoms with van der Waals surface area (Å²) in [5.74, 6) is 0.234. The van der Waals surface area contributed by atoms with Gasteiger partial charge in [-0.1, -0.05) is 46.8 Å². The standard InChI is InChI=1S/C23H16N4O2S/c1-14-12-16(22-26-18-8-5-11-24-23(18)30-22)9-10-17(14)25-21(28)19-13-20(29-27-19)15-6-3-2-4-7-15/h2-13H,1H3,(H,25,28). The molecule has 3 aromatic heterocycles. The van der Waals surface area contributed by atoms with Crippen LogP contribution in [0.5, 0.6) is 0 Å². The van der Waals surface area contributed by atoms with Crippen molar-refractivity contribution in [2.75, 3.05) is 5.32 Å². The van der Waals surface area contributed by atoms with Crippen LogP contribution in [0.1, 0.15) is 16.1 Å². The number of rotatable bonds is 4. The molecule has 7 heteroatoms. The van der Waals surface area contributed by atoms with Gasteiger partial charge < -0.3 is 9.84 Å². The number of hydrogen-bond donors (Lipinski definition) is 1. The van der Waals surface area contributed by atoms with Gasteiger partial charge in [-0.2, -0.15) is 0 Å². The normalized spacial score (nSPS) is 11.0. The Labute approximate surface area is 176 Å². The largest absolute Gasteiger partial charge is 0.355 e. The van der Waals surface area contributed by atoms with E-state index in [-0.39, 0.29) is 11.6 Å². The first-order valence-electron chi connectivity index (χ1n) is 9.33. The maximum absolute atomic E-state index is 12.6. The van der Waals surface area contributed by atoms with Gasteiger partial charge in [0.2, 0.25) is 0 Å². The molecule has 5 rings (SSSR count). The van der Waals surface area contributed by atoms with Crippen molar-refractivity contribution in [2.24, 2.45) is 0 Å². The Morgan fingerprint density at radius 1 is 1.00 bits per heavy atom. The van der Waals surface area contributed by atoms with E-state index in [2.05, 4.69) is 20.4 Å². The number of nitrogens with zero attached hydrogens (tertiary/aromatic N) is 3. The van der Waals surface area contributed by atoms with Gasteiger partial charge in [-0.3, -0.25) is 4.79 Å². The summed E-state index contributed by atoms with van der Waals surface area (Å²) in [5, 5.41) is 7.71. The van der Waals surface area contributed by atoms with Crippen molar-refractivity contribution in [3.05, 3.63) is 84.2 Å². The average Bonchev–Trinajstić information content (AvgIpc) is 3.43. The summed E-state index contributed by atoms with van der Waals surface area (Å²) >= 11 is 1.54. The molecule has 0 aliphatic heterocycles. The molecule has 1 amide bonds. The molecule has 0 aliphatic rings. The van der Waals surface area contributed by atoms with E-state index in [1.54, 1.807) is 23.6 Å². The van der Waals surface area contributed by atoms with E-state index >= 15 is 0 Å². The molecule has 0 saturated carbocycles. The highest BCUT2D eigenvalue weighted by Crippen LogP contribution is 2.31. The molecule has 146 valence electrons. The van der Waals surface area contributed by atoms with Gasteiger partial charge in [0.1, 0.15) is 15.4 Å². The first-order chi connectivity index (χ1) is 14.7. The van der Waals surface area contributed by atoms with E-state index in [0.29, 0.717) is 11.4 Å². The number of hydrogen-bond acceptors (Lipinski definition) is 6. The van der Waals surface area contributed by atoms with Crippen molar-refractivity contribution in [1.29, 1.82) is 0 Å². The van der Waals surface area contributed by atoms with Crippen LogP contribution in [-0.2, 0) is 0 Å². The van der Waals surface area contributed by atoms with Gasteiger partial charge in [-0.05, 0) is 42.8 Å². The van der Waals surface area contributed by atoms with Crippen LogP contribution in [0.15, 0.2) is 77.4 Å². The molecule has 1 N–H and O–H groups in total. The number of carbonyl (C=O) groups is 1. The monoisotopic (exact) mass is 412 g/mol. The predicted molar refractivity (Wildman–Crippen MR) is 117 cm³/mol. The van der Waals surface area contributed by atoms with Crippen LogP contribution in [-0.4, -0.2) is 21.0 Å². The van der Waals surface area contributed by atoms with Crippen molar-refractivity contribution in [3.63, 3.8) is 0 Å². The summed E-state index contributed by atoms with van der Waals surface area (Å²) in [6, 6.07) is 20.8. The van der Waals surface area contributed by atoms with Gasteiger partial charge in [0.25, 0.3) is 5.91 Å². The molecule has 0 unspecified atom stereocenters. The third-order valence-electron chi connectivity index (χ3n) is 4.69. The minimum atomic E-state index is -0.319. The molecule has 0 radical (unpaired) electrons. The number of nitrogens with one attached hydrogen (secondary N) is 1. The lowest BCUT2D eigenvalue weighted by molar-refractivity contribution is 0.101. The van der Waals surface area contributed by atoms with Crippen molar-refractivity contribution in [1.82, 2.24) is 15.1 Å². The topological polar surface area (TPSA) is 80.9 Å². The summed E-state index contributed by atoms with van der Waals surface area (Å²) in [4.78, 5) is 22.5. The fourth-order valence-electron chi connectivity index (χ4n) is 3.14. The first kappa shape index (κ1) is 18.2. The number of aromatic nitrogens is 3. The Balaban J connectivity index is 1.36. The smallest absolute Gasteiger partial charge is 0.277 e. The molecule has 0 spiro atoms. The summed E-state index contributed by atoms with van der Waals surface area (Å²) in [6.07, 6.45) is 1.77. The van der Waals surface area contributed by atoms with Gasteiger partial charge >= 0.3 is 0 Å². The minimum absolute atomic E-state index is 0.231. The zero-order valence-corrected chi connectivity index (χ0v) is 16.8. The number of anilines is 1. The molecule has 30 heavy (non-hydrogen) atoms. The van der Waals surface area contributed by atoms with Crippen LogP contribution in [0.3, 0.4) is 0 Å². The molecular weight excluding hydrogens is 396 g/mol.